The highest BCUT2D eigenvalue weighted by Gasteiger charge is 1.95. The second-order valence-corrected chi connectivity index (χ2v) is 4.06. The highest BCUT2D eigenvalue weighted by atomic mass is 16.2. The van der Waals surface area contributed by atoms with Crippen LogP contribution in [0.15, 0.2) is 12.4 Å². The number of unbranched alkanes of at least 4 members (excludes halogenated alkanes) is 3. The van der Waals surface area contributed by atoms with Gasteiger partial charge < -0.3 is 15.0 Å². The predicted octanol–water partition coefficient (Wildman–Crippen LogP) is 1.33. The molecule has 1 heterocycles. The van der Waals surface area contributed by atoms with Crippen molar-refractivity contribution in [3.63, 3.8) is 0 Å². The van der Waals surface area contributed by atoms with E-state index in [4.69, 9.17) is 5.11 Å². The lowest BCUT2D eigenvalue weighted by Gasteiger charge is -2.06. The highest BCUT2D eigenvalue weighted by molar-refractivity contribution is 4.88. The van der Waals surface area contributed by atoms with Crippen LogP contribution in [-0.4, -0.2) is 34.4 Å². The third-order valence-electron chi connectivity index (χ3n) is 2.71. The molecular weight excluding hydrogens is 202 g/mol. The molecule has 0 fully saturated rings. The molecule has 4 heteroatoms. The average Bonchev–Trinajstić information content (AvgIpc) is 2.68. The van der Waals surface area contributed by atoms with Crippen molar-refractivity contribution in [3.05, 3.63) is 18.2 Å². The summed E-state index contributed by atoms with van der Waals surface area (Å²) in [6.45, 7) is 5.40. The zero-order valence-electron chi connectivity index (χ0n) is 10.2. The normalized spacial score (nSPS) is 10.9. The molecule has 16 heavy (non-hydrogen) atoms. The minimum atomic E-state index is 0.327. The summed E-state index contributed by atoms with van der Waals surface area (Å²) in [5.74, 6) is 1.07. The molecule has 0 aliphatic rings. The van der Waals surface area contributed by atoms with Crippen molar-refractivity contribution in [1.29, 1.82) is 0 Å². The van der Waals surface area contributed by atoms with E-state index in [2.05, 4.69) is 14.9 Å². The van der Waals surface area contributed by atoms with Crippen LogP contribution in [0, 0.1) is 6.92 Å². The van der Waals surface area contributed by atoms with Gasteiger partial charge in [-0.25, -0.2) is 4.98 Å². The van der Waals surface area contributed by atoms with Gasteiger partial charge in [-0.2, -0.15) is 0 Å². The van der Waals surface area contributed by atoms with Crippen molar-refractivity contribution in [3.8, 4) is 0 Å². The van der Waals surface area contributed by atoms with Crippen molar-refractivity contribution >= 4 is 0 Å². The summed E-state index contributed by atoms with van der Waals surface area (Å²) in [5, 5.41) is 12.0. The molecule has 0 saturated carbocycles. The predicted molar refractivity (Wildman–Crippen MR) is 65.4 cm³/mol. The smallest absolute Gasteiger partial charge is 0.105 e. The van der Waals surface area contributed by atoms with Gasteiger partial charge in [0.1, 0.15) is 5.82 Å². The molecule has 0 spiro atoms. The van der Waals surface area contributed by atoms with Gasteiger partial charge in [0.25, 0.3) is 0 Å². The van der Waals surface area contributed by atoms with Crippen LogP contribution in [0.4, 0.5) is 0 Å². The Labute approximate surface area is 97.7 Å². The first-order valence-electron chi connectivity index (χ1n) is 6.14. The fourth-order valence-corrected chi connectivity index (χ4v) is 1.68. The maximum Gasteiger partial charge on any atom is 0.105 e. The van der Waals surface area contributed by atoms with Gasteiger partial charge in [0.2, 0.25) is 0 Å². The molecule has 92 valence electrons. The van der Waals surface area contributed by atoms with Crippen molar-refractivity contribution in [1.82, 2.24) is 14.9 Å². The Bertz CT molecular complexity index is 273. The van der Waals surface area contributed by atoms with Gasteiger partial charge in [-0.05, 0) is 26.3 Å². The van der Waals surface area contributed by atoms with Crippen molar-refractivity contribution in [2.45, 2.75) is 39.2 Å². The number of nitrogens with one attached hydrogen (secondary N) is 1. The average molecular weight is 225 g/mol. The summed E-state index contributed by atoms with van der Waals surface area (Å²) in [7, 11) is 0. The number of rotatable bonds is 9. The zero-order chi connectivity index (χ0) is 11.6. The first kappa shape index (κ1) is 13.2. The van der Waals surface area contributed by atoms with E-state index < -0.39 is 0 Å². The van der Waals surface area contributed by atoms with Gasteiger partial charge in [0.05, 0.1) is 0 Å². The van der Waals surface area contributed by atoms with Crippen LogP contribution in [0.5, 0.6) is 0 Å². The van der Waals surface area contributed by atoms with Gasteiger partial charge in [0.15, 0.2) is 0 Å². The zero-order valence-corrected chi connectivity index (χ0v) is 10.2. The van der Waals surface area contributed by atoms with Crippen molar-refractivity contribution in [2.75, 3.05) is 19.7 Å². The molecule has 0 bridgehead atoms. The van der Waals surface area contributed by atoms with Crippen LogP contribution in [0.25, 0.3) is 0 Å². The Kier molecular flexibility index (Phi) is 6.85. The Morgan fingerprint density at radius 2 is 2.06 bits per heavy atom. The van der Waals surface area contributed by atoms with E-state index in [0.717, 1.165) is 38.3 Å². The first-order chi connectivity index (χ1) is 7.84. The molecule has 1 rings (SSSR count). The van der Waals surface area contributed by atoms with E-state index in [1.807, 2.05) is 19.3 Å². The number of aliphatic hydroxyl groups is 1. The molecule has 0 unspecified atom stereocenters. The third kappa shape index (κ3) is 5.28. The third-order valence-corrected chi connectivity index (χ3v) is 2.71. The number of imidazole rings is 1. The Hall–Kier alpha value is -0.870. The van der Waals surface area contributed by atoms with Crippen LogP contribution >= 0.6 is 0 Å². The topological polar surface area (TPSA) is 50.1 Å². The summed E-state index contributed by atoms with van der Waals surface area (Å²) in [6, 6.07) is 0. The molecular formula is C12H23N3O. The molecule has 0 radical (unpaired) electrons. The molecule has 0 saturated heterocycles. The Morgan fingerprint density at radius 1 is 1.25 bits per heavy atom. The van der Waals surface area contributed by atoms with Crippen molar-refractivity contribution in [2.24, 2.45) is 0 Å². The summed E-state index contributed by atoms with van der Waals surface area (Å²) >= 11 is 0. The second-order valence-electron chi connectivity index (χ2n) is 4.06. The Morgan fingerprint density at radius 3 is 2.75 bits per heavy atom. The molecule has 0 aromatic carbocycles. The first-order valence-corrected chi connectivity index (χ1v) is 6.14. The summed E-state index contributed by atoms with van der Waals surface area (Å²) in [4.78, 5) is 4.18. The van der Waals surface area contributed by atoms with Gasteiger partial charge in [-0.3, -0.25) is 0 Å². The van der Waals surface area contributed by atoms with E-state index in [1.54, 1.807) is 0 Å². The highest BCUT2D eigenvalue weighted by Crippen LogP contribution is 1.97. The van der Waals surface area contributed by atoms with Crippen LogP contribution in [0.2, 0.25) is 0 Å². The second kappa shape index (κ2) is 8.30. The maximum atomic E-state index is 8.61. The summed E-state index contributed by atoms with van der Waals surface area (Å²) < 4.78 is 2.15. The van der Waals surface area contributed by atoms with E-state index in [0.29, 0.717) is 6.61 Å². The molecule has 0 atom stereocenters. The number of aliphatic hydroxyl groups excluding tert-OH is 1. The van der Waals surface area contributed by atoms with Gasteiger partial charge >= 0.3 is 0 Å². The maximum absolute atomic E-state index is 8.61. The summed E-state index contributed by atoms with van der Waals surface area (Å²) in [6.07, 6.45) is 8.33. The SMILES string of the molecule is Cc1nccn1CCNCCCCCCO. The quantitative estimate of drug-likeness (QED) is 0.623. The van der Waals surface area contributed by atoms with E-state index in [9.17, 15) is 0 Å². The summed E-state index contributed by atoms with van der Waals surface area (Å²) in [5.41, 5.74) is 0. The lowest BCUT2D eigenvalue weighted by Crippen LogP contribution is -2.21. The molecule has 1 aromatic heterocycles. The molecule has 2 N–H and O–H groups in total. The molecule has 0 amide bonds. The lowest BCUT2D eigenvalue weighted by atomic mass is 10.2. The van der Waals surface area contributed by atoms with E-state index in [-0.39, 0.29) is 0 Å². The van der Waals surface area contributed by atoms with E-state index >= 15 is 0 Å². The minimum absolute atomic E-state index is 0.327. The lowest BCUT2D eigenvalue weighted by molar-refractivity contribution is 0.282. The van der Waals surface area contributed by atoms with Gasteiger partial charge in [-0.1, -0.05) is 12.8 Å². The molecule has 0 aliphatic heterocycles. The fourth-order valence-electron chi connectivity index (χ4n) is 1.68. The standard InChI is InChI=1S/C12H23N3O/c1-12-14-8-10-15(12)9-7-13-6-4-2-3-5-11-16/h8,10,13,16H,2-7,9,11H2,1H3. The van der Waals surface area contributed by atoms with Crippen LogP contribution in [-0.2, 0) is 6.54 Å². The number of hydrogen-bond acceptors (Lipinski definition) is 3. The van der Waals surface area contributed by atoms with Crippen LogP contribution < -0.4 is 5.32 Å². The van der Waals surface area contributed by atoms with Crippen LogP contribution in [0.3, 0.4) is 0 Å². The molecule has 0 aliphatic carbocycles. The monoisotopic (exact) mass is 225 g/mol. The molecule has 4 nitrogen and oxygen atoms in total. The number of nitrogens with zero attached hydrogens (tertiary/aromatic N) is 2. The van der Waals surface area contributed by atoms with Gasteiger partial charge in [-0.15, -0.1) is 0 Å². The number of aromatic nitrogens is 2. The van der Waals surface area contributed by atoms with Gasteiger partial charge in [0, 0.05) is 32.1 Å². The number of hydrogen-bond donors (Lipinski definition) is 2. The fraction of sp³-hybridized carbons (Fsp3) is 0.750. The Balaban J connectivity index is 1.91. The van der Waals surface area contributed by atoms with Crippen LogP contribution in [0.1, 0.15) is 31.5 Å². The minimum Gasteiger partial charge on any atom is -0.396 e. The number of aryl methyl sites for hydroxylation is 1. The van der Waals surface area contributed by atoms with Crippen molar-refractivity contribution < 1.29 is 5.11 Å². The largest absolute Gasteiger partial charge is 0.396 e. The molecule has 1 aromatic rings. The van der Waals surface area contributed by atoms with E-state index in [1.165, 1.54) is 12.8 Å².